The molecule has 2 nitrogen and oxygen atoms in total. The molecule has 1 rings (SSSR count). The van der Waals surface area contributed by atoms with Crippen molar-refractivity contribution in [3.63, 3.8) is 0 Å². The van der Waals surface area contributed by atoms with E-state index in [2.05, 4.69) is 33.8 Å². The molecule has 1 aromatic carbocycles. The van der Waals surface area contributed by atoms with Gasteiger partial charge in [-0.15, -0.1) is 0 Å². The van der Waals surface area contributed by atoms with Crippen LogP contribution in [0.15, 0.2) is 18.2 Å². The fourth-order valence-corrected chi connectivity index (χ4v) is 2.70. The Balaban J connectivity index is 3.41. The van der Waals surface area contributed by atoms with E-state index in [-0.39, 0.29) is 11.3 Å². The number of carbonyl (C=O) groups is 1. The molecule has 0 heterocycles. The van der Waals surface area contributed by atoms with Gasteiger partial charge < -0.3 is 5.73 Å². The SMILES string of the molecule is CCCC(C)(CC)c1c(C)cccc1C(N)=O. The number of benzene rings is 1. The van der Waals surface area contributed by atoms with Crippen LogP contribution in [0.25, 0.3) is 0 Å². The minimum absolute atomic E-state index is 0.0461. The number of hydrogen-bond donors (Lipinski definition) is 1. The first-order chi connectivity index (χ1) is 7.96. The lowest BCUT2D eigenvalue weighted by Crippen LogP contribution is -2.27. The number of rotatable bonds is 5. The number of primary amides is 1. The maximum atomic E-state index is 11.6. The van der Waals surface area contributed by atoms with E-state index < -0.39 is 0 Å². The molecule has 1 unspecified atom stereocenters. The second-order valence-corrected chi connectivity index (χ2v) is 5.03. The molecule has 94 valence electrons. The number of nitrogens with two attached hydrogens (primary N) is 1. The van der Waals surface area contributed by atoms with Gasteiger partial charge in [0.2, 0.25) is 5.91 Å². The summed E-state index contributed by atoms with van der Waals surface area (Å²) in [5, 5.41) is 0. The third-order valence-corrected chi connectivity index (χ3v) is 3.72. The summed E-state index contributed by atoms with van der Waals surface area (Å²) in [5.74, 6) is -0.320. The first kappa shape index (κ1) is 13.8. The molecule has 1 amide bonds. The zero-order valence-electron chi connectivity index (χ0n) is 11.3. The van der Waals surface area contributed by atoms with E-state index in [1.165, 1.54) is 5.56 Å². The standard InChI is InChI=1S/C15H23NO/c1-5-10-15(4,6-2)13-11(3)8-7-9-12(13)14(16)17/h7-9H,5-6,10H2,1-4H3,(H2,16,17). The molecular weight excluding hydrogens is 210 g/mol. The van der Waals surface area contributed by atoms with E-state index in [4.69, 9.17) is 5.73 Å². The molecule has 1 atom stereocenters. The average molecular weight is 233 g/mol. The molecule has 0 aliphatic rings. The minimum atomic E-state index is -0.320. The van der Waals surface area contributed by atoms with Gasteiger partial charge >= 0.3 is 0 Å². The van der Waals surface area contributed by atoms with E-state index >= 15 is 0 Å². The first-order valence-electron chi connectivity index (χ1n) is 6.36. The maximum absolute atomic E-state index is 11.6. The first-order valence-corrected chi connectivity index (χ1v) is 6.36. The zero-order valence-corrected chi connectivity index (χ0v) is 11.3. The van der Waals surface area contributed by atoms with Crippen molar-refractivity contribution in [1.82, 2.24) is 0 Å². The normalized spacial score (nSPS) is 14.4. The molecule has 0 bridgehead atoms. The van der Waals surface area contributed by atoms with Crippen LogP contribution in [0.2, 0.25) is 0 Å². The fraction of sp³-hybridized carbons (Fsp3) is 0.533. The highest BCUT2D eigenvalue weighted by molar-refractivity contribution is 5.95. The van der Waals surface area contributed by atoms with Crippen molar-refractivity contribution in [2.45, 2.75) is 52.4 Å². The number of hydrogen-bond acceptors (Lipinski definition) is 1. The molecule has 0 aromatic heterocycles. The number of carbonyl (C=O) groups excluding carboxylic acids is 1. The summed E-state index contributed by atoms with van der Waals surface area (Å²) in [5.41, 5.74) is 8.52. The Labute approximate surface area is 104 Å². The Morgan fingerprint density at radius 2 is 2.00 bits per heavy atom. The van der Waals surface area contributed by atoms with Crippen molar-refractivity contribution >= 4 is 5.91 Å². The molecular formula is C15H23NO. The quantitative estimate of drug-likeness (QED) is 0.830. The lowest BCUT2D eigenvalue weighted by molar-refractivity contribution is 0.0997. The lowest BCUT2D eigenvalue weighted by atomic mass is 9.72. The van der Waals surface area contributed by atoms with E-state index in [9.17, 15) is 4.79 Å². The maximum Gasteiger partial charge on any atom is 0.249 e. The molecule has 0 saturated carbocycles. The van der Waals surface area contributed by atoms with Crippen LogP contribution >= 0.6 is 0 Å². The molecule has 2 N–H and O–H groups in total. The van der Waals surface area contributed by atoms with Crippen LogP contribution in [-0.4, -0.2) is 5.91 Å². The molecule has 17 heavy (non-hydrogen) atoms. The highest BCUT2D eigenvalue weighted by Gasteiger charge is 2.29. The summed E-state index contributed by atoms with van der Waals surface area (Å²) in [7, 11) is 0. The van der Waals surface area contributed by atoms with Crippen LogP contribution in [-0.2, 0) is 5.41 Å². The predicted octanol–water partition coefficient (Wildman–Crippen LogP) is 3.56. The van der Waals surface area contributed by atoms with Gasteiger partial charge in [0.25, 0.3) is 0 Å². The summed E-state index contributed by atoms with van der Waals surface area (Å²) in [4.78, 5) is 11.6. The molecule has 0 radical (unpaired) electrons. The molecule has 0 spiro atoms. The van der Waals surface area contributed by atoms with Crippen LogP contribution in [0.1, 0.15) is 61.5 Å². The van der Waals surface area contributed by atoms with Crippen LogP contribution in [0.3, 0.4) is 0 Å². The summed E-state index contributed by atoms with van der Waals surface area (Å²) in [6.07, 6.45) is 3.21. The van der Waals surface area contributed by atoms with Crippen LogP contribution < -0.4 is 5.73 Å². The van der Waals surface area contributed by atoms with Gasteiger partial charge in [0.1, 0.15) is 0 Å². The van der Waals surface area contributed by atoms with E-state index in [0.717, 1.165) is 24.8 Å². The largest absolute Gasteiger partial charge is 0.366 e. The second-order valence-electron chi connectivity index (χ2n) is 5.03. The van der Waals surface area contributed by atoms with Crippen molar-refractivity contribution in [2.24, 2.45) is 5.73 Å². The van der Waals surface area contributed by atoms with Gasteiger partial charge in [0, 0.05) is 5.56 Å². The summed E-state index contributed by atoms with van der Waals surface area (Å²) >= 11 is 0. The van der Waals surface area contributed by atoms with Crippen molar-refractivity contribution in [3.8, 4) is 0 Å². The Hall–Kier alpha value is -1.31. The van der Waals surface area contributed by atoms with Crippen molar-refractivity contribution < 1.29 is 4.79 Å². The third kappa shape index (κ3) is 2.68. The Morgan fingerprint density at radius 1 is 1.35 bits per heavy atom. The topological polar surface area (TPSA) is 43.1 Å². The van der Waals surface area contributed by atoms with E-state index in [0.29, 0.717) is 5.56 Å². The fourth-order valence-electron chi connectivity index (χ4n) is 2.70. The van der Waals surface area contributed by atoms with Gasteiger partial charge in [0.15, 0.2) is 0 Å². The van der Waals surface area contributed by atoms with Crippen molar-refractivity contribution in [3.05, 3.63) is 34.9 Å². The Bertz CT molecular complexity index is 411. The van der Waals surface area contributed by atoms with Gasteiger partial charge in [-0.2, -0.15) is 0 Å². The third-order valence-electron chi connectivity index (χ3n) is 3.72. The zero-order chi connectivity index (χ0) is 13.1. The highest BCUT2D eigenvalue weighted by atomic mass is 16.1. The minimum Gasteiger partial charge on any atom is -0.366 e. The van der Waals surface area contributed by atoms with Crippen molar-refractivity contribution in [2.75, 3.05) is 0 Å². The van der Waals surface area contributed by atoms with E-state index in [1.54, 1.807) is 0 Å². The average Bonchev–Trinajstić information content (AvgIpc) is 2.28. The molecule has 1 aromatic rings. The smallest absolute Gasteiger partial charge is 0.249 e. The van der Waals surface area contributed by atoms with Gasteiger partial charge in [-0.3, -0.25) is 4.79 Å². The second kappa shape index (κ2) is 5.35. The molecule has 0 aliphatic heterocycles. The number of aryl methyl sites for hydroxylation is 1. The lowest BCUT2D eigenvalue weighted by Gasteiger charge is -2.32. The molecule has 0 saturated heterocycles. The summed E-state index contributed by atoms with van der Waals surface area (Å²) in [6, 6.07) is 5.81. The van der Waals surface area contributed by atoms with E-state index in [1.807, 2.05) is 12.1 Å². The molecule has 0 aliphatic carbocycles. The molecule has 0 fully saturated rings. The Morgan fingerprint density at radius 3 is 2.47 bits per heavy atom. The summed E-state index contributed by atoms with van der Waals surface area (Å²) in [6.45, 7) is 8.64. The van der Waals surface area contributed by atoms with Gasteiger partial charge in [-0.1, -0.05) is 39.3 Å². The summed E-state index contributed by atoms with van der Waals surface area (Å²) < 4.78 is 0. The van der Waals surface area contributed by atoms with Gasteiger partial charge in [0.05, 0.1) is 0 Å². The van der Waals surface area contributed by atoms with Crippen LogP contribution in [0, 0.1) is 6.92 Å². The van der Waals surface area contributed by atoms with Gasteiger partial charge in [-0.25, -0.2) is 0 Å². The highest BCUT2D eigenvalue weighted by Crippen LogP contribution is 2.36. The Kier molecular flexibility index (Phi) is 4.33. The van der Waals surface area contributed by atoms with Crippen molar-refractivity contribution in [1.29, 1.82) is 0 Å². The monoisotopic (exact) mass is 233 g/mol. The number of amides is 1. The van der Waals surface area contributed by atoms with Gasteiger partial charge in [-0.05, 0) is 42.4 Å². The van der Waals surface area contributed by atoms with Crippen LogP contribution in [0.4, 0.5) is 0 Å². The van der Waals surface area contributed by atoms with Crippen LogP contribution in [0.5, 0.6) is 0 Å². The molecule has 2 heteroatoms. The predicted molar refractivity (Wildman–Crippen MR) is 72.2 cm³/mol.